The number of aliphatic imine (C=N–C) groups is 1. The van der Waals surface area contributed by atoms with Crippen LogP contribution >= 0.6 is 24.0 Å². The molecule has 2 N–H and O–H groups in total. The van der Waals surface area contributed by atoms with Crippen LogP contribution in [-0.2, 0) is 6.42 Å². The molecular formula is C21H38IN5. The first kappa shape index (κ1) is 24.2. The van der Waals surface area contributed by atoms with Gasteiger partial charge in [0.25, 0.3) is 0 Å². The van der Waals surface area contributed by atoms with Crippen LogP contribution in [0.15, 0.2) is 35.3 Å². The topological polar surface area (TPSA) is 42.9 Å². The quantitative estimate of drug-likeness (QED) is 0.336. The van der Waals surface area contributed by atoms with E-state index < -0.39 is 0 Å². The van der Waals surface area contributed by atoms with Gasteiger partial charge in [0.1, 0.15) is 0 Å². The SMILES string of the molecule is CN=C(NCC(C)CN1CCN(C)CC1)NC(C)CCc1ccccc1.I. The van der Waals surface area contributed by atoms with E-state index in [0.29, 0.717) is 12.0 Å². The minimum atomic E-state index is 0. The summed E-state index contributed by atoms with van der Waals surface area (Å²) in [5.41, 5.74) is 1.39. The highest BCUT2D eigenvalue weighted by Crippen LogP contribution is 2.05. The van der Waals surface area contributed by atoms with Crippen LogP contribution < -0.4 is 10.6 Å². The molecule has 154 valence electrons. The Morgan fingerprint density at radius 3 is 2.41 bits per heavy atom. The predicted molar refractivity (Wildman–Crippen MR) is 127 cm³/mol. The first-order valence-corrected chi connectivity index (χ1v) is 9.99. The van der Waals surface area contributed by atoms with Gasteiger partial charge < -0.3 is 20.4 Å². The van der Waals surface area contributed by atoms with Crippen molar-refractivity contribution in [2.45, 2.75) is 32.7 Å². The second-order valence-electron chi connectivity index (χ2n) is 7.73. The molecule has 0 radical (unpaired) electrons. The van der Waals surface area contributed by atoms with Crippen molar-refractivity contribution in [3.8, 4) is 0 Å². The van der Waals surface area contributed by atoms with Crippen LogP contribution in [0, 0.1) is 5.92 Å². The Morgan fingerprint density at radius 1 is 1.11 bits per heavy atom. The Hall–Kier alpha value is -0.860. The molecule has 0 aromatic heterocycles. The van der Waals surface area contributed by atoms with Crippen molar-refractivity contribution in [3.05, 3.63) is 35.9 Å². The molecule has 0 amide bonds. The van der Waals surface area contributed by atoms with Crippen molar-refractivity contribution >= 4 is 29.9 Å². The third kappa shape index (κ3) is 9.76. The van der Waals surface area contributed by atoms with Gasteiger partial charge >= 0.3 is 0 Å². The summed E-state index contributed by atoms with van der Waals surface area (Å²) in [6, 6.07) is 11.1. The van der Waals surface area contributed by atoms with Gasteiger partial charge in [-0.1, -0.05) is 37.3 Å². The Bertz CT molecular complexity index is 529. The summed E-state index contributed by atoms with van der Waals surface area (Å²) in [5, 5.41) is 7.02. The second kappa shape index (κ2) is 13.3. The smallest absolute Gasteiger partial charge is 0.191 e. The molecule has 1 saturated heterocycles. The van der Waals surface area contributed by atoms with E-state index in [0.717, 1.165) is 31.9 Å². The standard InChI is InChI=1S/C21H37N5.HI/c1-18(17-26-14-12-25(4)13-15-26)16-23-21(22-3)24-19(2)10-11-20-8-6-5-7-9-20;/h5-9,18-19H,10-17H2,1-4H3,(H2,22,23,24);1H. The number of halogens is 1. The van der Waals surface area contributed by atoms with Gasteiger partial charge in [-0.2, -0.15) is 0 Å². The summed E-state index contributed by atoms with van der Waals surface area (Å²) < 4.78 is 0. The number of guanidine groups is 1. The molecule has 0 aliphatic carbocycles. The molecule has 0 bridgehead atoms. The lowest BCUT2D eigenvalue weighted by Crippen LogP contribution is -2.48. The number of hydrogen-bond donors (Lipinski definition) is 2. The molecule has 1 heterocycles. The molecule has 1 aliphatic heterocycles. The Kier molecular flexibility index (Phi) is 11.9. The van der Waals surface area contributed by atoms with Crippen molar-refractivity contribution in [2.24, 2.45) is 10.9 Å². The molecule has 27 heavy (non-hydrogen) atoms. The normalized spacial score (nSPS) is 18.4. The molecule has 1 fully saturated rings. The van der Waals surface area contributed by atoms with Gasteiger partial charge in [-0.3, -0.25) is 4.99 Å². The number of nitrogens with zero attached hydrogens (tertiary/aromatic N) is 3. The van der Waals surface area contributed by atoms with Crippen molar-refractivity contribution in [2.75, 3.05) is 53.4 Å². The lowest BCUT2D eigenvalue weighted by atomic mass is 10.1. The van der Waals surface area contributed by atoms with Crippen molar-refractivity contribution in [1.82, 2.24) is 20.4 Å². The number of nitrogens with one attached hydrogen (secondary N) is 2. The maximum atomic E-state index is 4.39. The maximum absolute atomic E-state index is 4.39. The van der Waals surface area contributed by atoms with Gasteiger partial charge in [0, 0.05) is 52.4 Å². The summed E-state index contributed by atoms with van der Waals surface area (Å²) in [4.78, 5) is 9.37. The van der Waals surface area contributed by atoms with Crippen LogP contribution in [0.1, 0.15) is 25.8 Å². The van der Waals surface area contributed by atoms with Crippen LogP contribution in [0.25, 0.3) is 0 Å². The molecule has 2 atom stereocenters. The first-order chi connectivity index (χ1) is 12.6. The van der Waals surface area contributed by atoms with Crippen LogP contribution in [0.3, 0.4) is 0 Å². The zero-order chi connectivity index (χ0) is 18.8. The van der Waals surface area contributed by atoms with Gasteiger partial charge in [0.05, 0.1) is 0 Å². The zero-order valence-electron chi connectivity index (χ0n) is 17.4. The van der Waals surface area contributed by atoms with Gasteiger partial charge in [0.15, 0.2) is 5.96 Å². The van der Waals surface area contributed by atoms with E-state index in [4.69, 9.17) is 0 Å². The predicted octanol–water partition coefficient (Wildman–Crippen LogP) is 2.67. The van der Waals surface area contributed by atoms with E-state index >= 15 is 0 Å². The molecule has 1 aromatic rings. The van der Waals surface area contributed by atoms with Gasteiger partial charge in [0.2, 0.25) is 0 Å². The lowest BCUT2D eigenvalue weighted by molar-refractivity contribution is 0.139. The summed E-state index contributed by atoms with van der Waals surface area (Å²) in [7, 11) is 4.06. The molecule has 0 saturated carbocycles. The summed E-state index contributed by atoms with van der Waals surface area (Å²) >= 11 is 0. The Morgan fingerprint density at radius 2 is 1.78 bits per heavy atom. The van der Waals surface area contributed by atoms with E-state index in [1.54, 1.807) is 0 Å². The third-order valence-corrected chi connectivity index (χ3v) is 5.10. The van der Waals surface area contributed by atoms with Crippen molar-refractivity contribution in [3.63, 3.8) is 0 Å². The molecule has 1 aromatic carbocycles. The fourth-order valence-electron chi connectivity index (χ4n) is 3.33. The highest BCUT2D eigenvalue weighted by molar-refractivity contribution is 14.0. The molecule has 2 unspecified atom stereocenters. The number of rotatable bonds is 8. The number of piperazine rings is 1. The van der Waals surface area contributed by atoms with Crippen LogP contribution in [0.5, 0.6) is 0 Å². The average molecular weight is 487 g/mol. The van der Waals surface area contributed by atoms with E-state index in [9.17, 15) is 0 Å². The number of benzene rings is 1. The summed E-state index contributed by atoms with van der Waals surface area (Å²) in [5.74, 6) is 1.52. The fraction of sp³-hybridized carbons (Fsp3) is 0.667. The summed E-state index contributed by atoms with van der Waals surface area (Å²) in [6.07, 6.45) is 2.19. The van der Waals surface area contributed by atoms with Crippen molar-refractivity contribution in [1.29, 1.82) is 0 Å². The maximum Gasteiger partial charge on any atom is 0.191 e. The molecule has 2 rings (SSSR count). The van der Waals surface area contributed by atoms with Crippen LogP contribution in [-0.4, -0.2) is 75.2 Å². The highest BCUT2D eigenvalue weighted by atomic mass is 127. The fourth-order valence-corrected chi connectivity index (χ4v) is 3.33. The number of aryl methyl sites for hydroxylation is 1. The van der Waals surface area contributed by atoms with E-state index in [2.05, 4.69) is 76.7 Å². The van der Waals surface area contributed by atoms with E-state index in [1.807, 2.05) is 7.05 Å². The van der Waals surface area contributed by atoms with Crippen LogP contribution in [0.2, 0.25) is 0 Å². The molecule has 0 spiro atoms. The van der Waals surface area contributed by atoms with Gasteiger partial charge in [-0.05, 0) is 38.3 Å². The van der Waals surface area contributed by atoms with Gasteiger partial charge in [-0.15, -0.1) is 24.0 Å². The average Bonchev–Trinajstić information content (AvgIpc) is 2.66. The Labute approximate surface area is 183 Å². The number of hydrogen-bond acceptors (Lipinski definition) is 3. The third-order valence-electron chi connectivity index (χ3n) is 5.10. The monoisotopic (exact) mass is 487 g/mol. The molecule has 6 heteroatoms. The molecule has 5 nitrogen and oxygen atoms in total. The van der Waals surface area contributed by atoms with Gasteiger partial charge in [-0.25, -0.2) is 0 Å². The van der Waals surface area contributed by atoms with E-state index in [-0.39, 0.29) is 24.0 Å². The summed E-state index contributed by atoms with van der Waals surface area (Å²) in [6.45, 7) is 11.4. The van der Waals surface area contributed by atoms with E-state index in [1.165, 1.54) is 31.7 Å². The van der Waals surface area contributed by atoms with Crippen LogP contribution in [0.4, 0.5) is 0 Å². The Balaban J connectivity index is 0.00000364. The second-order valence-corrected chi connectivity index (χ2v) is 7.73. The zero-order valence-corrected chi connectivity index (χ0v) is 19.8. The highest BCUT2D eigenvalue weighted by Gasteiger charge is 2.16. The minimum absolute atomic E-state index is 0. The first-order valence-electron chi connectivity index (χ1n) is 9.99. The molecule has 1 aliphatic rings. The lowest BCUT2D eigenvalue weighted by Gasteiger charge is -2.34. The minimum Gasteiger partial charge on any atom is -0.356 e. The number of likely N-dealkylation sites (N-methyl/N-ethyl adjacent to an activating group) is 1. The largest absolute Gasteiger partial charge is 0.356 e. The van der Waals surface area contributed by atoms with Crippen molar-refractivity contribution < 1.29 is 0 Å². The molecular weight excluding hydrogens is 449 g/mol.